The second-order valence-electron chi connectivity index (χ2n) is 15.1. The van der Waals surface area contributed by atoms with Crippen LogP contribution in [0.5, 0.6) is 0 Å². The van der Waals surface area contributed by atoms with E-state index in [1.165, 1.54) is 36.2 Å². The Labute approximate surface area is 327 Å². The van der Waals surface area contributed by atoms with Gasteiger partial charge in [0.2, 0.25) is 0 Å². The molecule has 3 aliphatic rings. The summed E-state index contributed by atoms with van der Waals surface area (Å²) in [4.78, 5) is 55.8. The molecular weight excluding hydrogens is 711 g/mol. The van der Waals surface area contributed by atoms with Crippen LogP contribution in [0.1, 0.15) is 116 Å². The lowest BCUT2D eigenvalue weighted by Gasteiger charge is -2.36. The first-order valence-corrected chi connectivity index (χ1v) is 20.7. The summed E-state index contributed by atoms with van der Waals surface area (Å²) in [7, 11) is 1.38. The first kappa shape index (κ1) is 38.5. The maximum absolute atomic E-state index is 14.0. The zero-order chi connectivity index (χ0) is 38.3. The highest BCUT2D eigenvalue weighted by Gasteiger charge is 2.37. The summed E-state index contributed by atoms with van der Waals surface area (Å²) in [5, 5.41) is 6.85. The number of carbonyl (C=O) groups excluding carboxylic acids is 4. The number of hydrogen-bond acceptors (Lipinski definition) is 8. The van der Waals surface area contributed by atoms with Crippen LogP contribution >= 0.6 is 11.3 Å². The summed E-state index contributed by atoms with van der Waals surface area (Å²) in [6.45, 7) is 3.05. The third-order valence-electron chi connectivity index (χ3n) is 11.2. The molecule has 7 rings (SSSR count). The largest absolute Gasteiger partial charge is 0.466 e. The summed E-state index contributed by atoms with van der Waals surface area (Å²) in [6, 6.07) is 24.2. The Morgan fingerprint density at radius 3 is 2.11 bits per heavy atom. The molecule has 0 saturated heterocycles. The Morgan fingerprint density at radius 1 is 0.745 bits per heavy atom. The second kappa shape index (κ2) is 17.8. The monoisotopic (exact) mass is 761 g/mol. The van der Waals surface area contributed by atoms with E-state index in [0.717, 1.165) is 93.0 Å². The van der Waals surface area contributed by atoms with Gasteiger partial charge in [-0.3, -0.25) is 19.3 Å². The number of aryl methyl sites for hydroxylation is 3. The molecule has 2 amide bonds. The maximum atomic E-state index is 14.0. The highest BCUT2D eigenvalue weighted by molar-refractivity contribution is 7.17. The fourth-order valence-electron chi connectivity index (χ4n) is 8.17. The van der Waals surface area contributed by atoms with Crippen molar-refractivity contribution in [2.75, 3.05) is 24.4 Å². The van der Waals surface area contributed by atoms with Gasteiger partial charge in [0.15, 0.2) is 0 Å². The molecule has 0 aliphatic heterocycles. The summed E-state index contributed by atoms with van der Waals surface area (Å²) < 4.78 is 10.1. The van der Waals surface area contributed by atoms with Crippen molar-refractivity contribution in [2.24, 2.45) is 5.92 Å². The molecule has 4 aromatic rings. The Morgan fingerprint density at radius 2 is 1.40 bits per heavy atom. The molecular formula is C45H51N3O6S. The van der Waals surface area contributed by atoms with Crippen molar-refractivity contribution in [1.82, 2.24) is 4.90 Å². The Bertz CT molecular complexity index is 2010. The van der Waals surface area contributed by atoms with Gasteiger partial charge in [0.25, 0.3) is 11.8 Å². The van der Waals surface area contributed by atoms with E-state index in [2.05, 4.69) is 21.6 Å². The number of ether oxygens (including phenoxy) is 2. The maximum Gasteiger partial charge on any atom is 0.337 e. The van der Waals surface area contributed by atoms with Gasteiger partial charge < -0.3 is 20.1 Å². The van der Waals surface area contributed by atoms with Crippen LogP contribution in [-0.4, -0.2) is 54.5 Å². The normalized spacial score (nSPS) is 17.9. The first-order valence-electron chi connectivity index (χ1n) is 19.8. The second-order valence-corrected chi connectivity index (χ2v) is 16.2. The van der Waals surface area contributed by atoms with Crippen LogP contribution in [0.15, 0.2) is 72.8 Å². The van der Waals surface area contributed by atoms with Gasteiger partial charge in [0, 0.05) is 34.8 Å². The van der Waals surface area contributed by atoms with E-state index >= 15 is 0 Å². The highest BCUT2D eigenvalue weighted by Crippen LogP contribution is 2.40. The van der Waals surface area contributed by atoms with Gasteiger partial charge >= 0.3 is 11.9 Å². The molecule has 0 unspecified atom stereocenters. The Balaban J connectivity index is 0.998. The minimum absolute atomic E-state index is 0.00132. The Hall–Kier alpha value is -4.80. The summed E-state index contributed by atoms with van der Waals surface area (Å²) >= 11 is 1.52. The third-order valence-corrected chi connectivity index (χ3v) is 12.5. The number of hydrogen-bond donors (Lipinski definition) is 2. The van der Waals surface area contributed by atoms with Crippen LogP contribution in [0, 0.1) is 5.92 Å². The van der Waals surface area contributed by atoms with E-state index in [4.69, 9.17) is 9.47 Å². The fraction of sp³-hybridized carbons (Fsp3) is 0.422. The SMILES string of the molecule is CCOC(=O)C1CCC(N(Cc2cccc(C(=O)Nc3sc4c(c3C(=O)Nc3ccc(CCc5cccc(C(=O)OC)c5)cc3)CCCC4)c2)C2CC2)CC1. The van der Waals surface area contributed by atoms with Gasteiger partial charge in [-0.2, -0.15) is 0 Å². The lowest BCUT2D eigenvalue weighted by Crippen LogP contribution is -2.40. The van der Waals surface area contributed by atoms with Crippen LogP contribution in [-0.2, 0) is 46.5 Å². The fourth-order valence-corrected chi connectivity index (χ4v) is 9.45. The van der Waals surface area contributed by atoms with Gasteiger partial charge in [0.05, 0.1) is 30.8 Å². The standard InChI is InChI=1S/C45H51N3O6S/c1-3-54-45(52)32-18-22-36(23-19-32)48(37-24-25-37)28-31-9-7-10-33(27-31)41(49)47-43-40(38-12-4-5-13-39(38)55-43)42(50)46-35-20-16-29(17-21-35)14-15-30-8-6-11-34(26-30)44(51)53-2/h6-11,16-17,20-21,26-27,32,36-37H,3-5,12-15,18-19,22-25,28H2,1-2H3,(H,46,50)(H,47,49). The number of nitrogens with one attached hydrogen (secondary N) is 2. The molecule has 1 aromatic heterocycles. The van der Waals surface area contributed by atoms with E-state index in [0.29, 0.717) is 46.1 Å². The highest BCUT2D eigenvalue weighted by atomic mass is 32.1. The summed E-state index contributed by atoms with van der Waals surface area (Å²) in [5.41, 5.74) is 6.67. The van der Waals surface area contributed by atoms with Crippen molar-refractivity contribution in [2.45, 2.75) is 103 Å². The molecule has 288 valence electrons. The zero-order valence-electron chi connectivity index (χ0n) is 31.9. The number of methoxy groups -OCH3 is 1. The number of amides is 2. The van der Waals surface area contributed by atoms with E-state index in [-0.39, 0.29) is 29.7 Å². The predicted octanol–water partition coefficient (Wildman–Crippen LogP) is 8.79. The number of fused-ring (bicyclic) bond motifs is 1. The minimum atomic E-state index is -0.347. The predicted molar refractivity (Wildman–Crippen MR) is 216 cm³/mol. The van der Waals surface area contributed by atoms with Crippen LogP contribution in [0.4, 0.5) is 10.7 Å². The molecule has 2 saturated carbocycles. The van der Waals surface area contributed by atoms with Crippen molar-refractivity contribution >= 4 is 45.8 Å². The van der Waals surface area contributed by atoms with Gasteiger partial charge in [-0.1, -0.05) is 36.4 Å². The lowest BCUT2D eigenvalue weighted by atomic mass is 9.85. The molecule has 0 bridgehead atoms. The topological polar surface area (TPSA) is 114 Å². The third kappa shape index (κ3) is 9.54. The Kier molecular flexibility index (Phi) is 12.4. The van der Waals surface area contributed by atoms with E-state index in [9.17, 15) is 19.2 Å². The van der Waals surface area contributed by atoms with Crippen molar-refractivity contribution in [3.8, 4) is 0 Å². The van der Waals surface area contributed by atoms with Crippen LogP contribution in [0.25, 0.3) is 0 Å². The van der Waals surface area contributed by atoms with Crippen molar-refractivity contribution in [3.63, 3.8) is 0 Å². The van der Waals surface area contributed by atoms with Gasteiger partial charge in [-0.15, -0.1) is 11.3 Å². The smallest absolute Gasteiger partial charge is 0.337 e. The van der Waals surface area contributed by atoms with Crippen LogP contribution in [0.2, 0.25) is 0 Å². The molecule has 3 aromatic carbocycles. The molecule has 10 heteroatoms. The quantitative estimate of drug-likeness (QED) is 0.124. The summed E-state index contributed by atoms with van der Waals surface area (Å²) in [6.07, 6.45) is 11.4. The average molecular weight is 762 g/mol. The molecule has 9 nitrogen and oxygen atoms in total. The molecule has 1 heterocycles. The number of benzene rings is 3. The number of carbonyl (C=O) groups is 4. The van der Waals surface area contributed by atoms with Crippen molar-refractivity contribution in [1.29, 1.82) is 0 Å². The van der Waals surface area contributed by atoms with Crippen molar-refractivity contribution < 1.29 is 28.7 Å². The molecule has 55 heavy (non-hydrogen) atoms. The van der Waals surface area contributed by atoms with Crippen LogP contribution < -0.4 is 10.6 Å². The van der Waals surface area contributed by atoms with Crippen LogP contribution in [0.3, 0.4) is 0 Å². The minimum Gasteiger partial charge on any atom is -0.466 e. The van der Waals surface area contributed by atoms with E-state index in [1.807, 2.05) is 67.6 Å². The van der Waals surface area contributed by atoms with Gasteiger partial charge in [0.1, 0.15) is 5.00 Å². The number of anilines is 2. The van der Waals surface area contributed by atoms with E-state index < -0.39 is 0 Å². The number of thiophene rings is 1. The lowest BCUT2D eigenvalue weighted by molar-refractivity contribution is -0.149. The average Bonchev–Trinajstić information content (AvgIpc) is 3.99. The molecule has 2 N–H and O–H groups in total. The summed E-state index contributed by atoms with van der Waals surface area (Å²) in [5.74, 6) is -0.840. The number of nitrogens with zero attached hydrogens (tertiary/aromatic N) is 1. The number of rotatable bonds is 14. The van der Waals surface area contributed by atoms with E-state index in [1.54, 1.807) is 6.07 Å². The number of esters is 2. The van der Waals surface area contributed by atoms with Gasteiger partial charge in [-0.05, 0) is 143 Å². The molecule has 0 radical (unpaired) electrons. The zero-order valence-corrected chi connectivity index (χ0v) is 32.7. The van der Waals surface area contributed by atoms with Gasteiger partial charge in [-0.25, -0.2) is 4.79 Å². The molecule has 0 spiro atoms. The molecule has 3 aliphatic carbocycles. The molecule has 0 atom stereocenters. The molecule has 2 fully saturated rings. The first-order chi connectivity index (χ1) is 26.8. The van der Waals surface area contributed by atoms with Crippen molar-refractivity contribution in [3.05, 3.63) is 117 Å².